The van der Waals surface area contributed by atoms with E-state index in [2.05, 4.69) is 10.6 Å². The minimum Gasteiger partial charge on any atom is -0.446 e. The highest BCUT2D eigenvalue weighted by atomic mass is 16.6. The Hall–Kier alpha value is -0.770. The van der Waals surface area contributed by atoms with E-state index in [0.29, 0.717) is 5.92 Å². The van der Waals surface area contributed by atoms with E-state index in [1.807, 2.05) is 0 Å². The fourth-order valence-corrected chi connectivity index (χ4v) is 1.65. The van der Waals surface area contributed by atoms with Crippen LogP contribution in [0.3, 0.4) is 0 Å². The predicted octanol–water partition coefficient (Wildman–Crippen LogP) is -0.296. The molecule has 2 fully saturated rings. The molecule has 1 amide bonds. The number of amides is 1. The maximum Gasteiger partial charge on any atom is 0.407 e. The van der Waals surface area contributed by atoms with E-state index in [1.165, 1.54) is 0 Å². The van der Waals surface area contributed by atoms with Gasteiger partial charge >= 0.3 is 6.09 Å². The molecule has 0 bridgehead atoms. The fourth-order valence-electron chi connectivity index (χ4n) is 1.65. The van der Waals surface area contributed by atoms with Gasteiger partial charge in [-0.25, -0.2) is 4.79 Å². The molecular formula is C7H12N2O2. The number of fused-ring (bicyclic) bond motifs is 1. The monoisotopic (exact) mass is 156 g/mol. The second-order valence-corrected chi connectivity index (χ2v) is 3.08. The third-order valence-corrected chi connectivity index (χ3v) is 2.30. The summed E-state index contributed by atoms with van der Waals surface area (Å²) in [5.74, 6) is 0.474. The summed E-state index contributed by atoms with van der Waals surface area (Å²) in [6.07, 6.45) is 0.858. The molecule has 4 nitrogen and oxygen atoms in total. The second-order valence-electron chi connectivity index (χ2n) is 3.08. The van der Waals surface area contributed by atoms with Gasteiger partial charge in [0.05, 0.1) is 0 Å². The summed E-state index contributed by atoms with van der Waals surface area (Å²) in [4.78, 5) is 10.8. The Balaban J connectivity index is 1.98. The van der Waals surface area contributed by atoms with E-state index in [0.717, 1.165) is 26.1 Å². The van der Waals surface area contributed by atoms with Crippen molar-refractivity contribution in [2.75, 3.05) is 19.6 Å². The van der Waals surface area contributed by atoms with Crippen LogP contribution in [0.15, 0.2) is 0 Å². The van der Waals surface area contributed by atoms with Gasteiger partial charge in [0.25, 0.3) is 0 Å². The molecule has 2 saturated heterocycles. The standard InChI is InChI=1S/C7H12N2O2/c10-7-9-4-5-3-8-2-1-6(5)11-7/h5-6,8H,1-4H2,(H,9,10). The highest BCUT2D eigenvalue weighted by Gasteiger charge is 2.31. The zero-order valence-corrected chi connectivity index (χ0v) is 6.30. The van der Waals surface area contributed by atoms with Crippen LogP contribution < -0.4 is 10.6 Å². The molecule has 4 heteroatoms. The van der Waals surface area contributed by atoms with Crippen molar-refractivity contribution in [2.24, 2.45) is 5.92 Å². The number of hydrogen-bond acceptors (Lipinski definition) is 3. The molecule has 2 rings (SSSR count). The quantitative estimate of drug-likeness (QED) is 0.506. The van der Waals surface area contributed by atoms with E-state index in [-0.39, 0.29) is 12.2 Å². The Bertz CT molecular complexity index is 172. The summed E-state index contributed by atoms with van der Waals surface area (Å²) in [6.45, 7) is 2.69. The average Bonchev–Trinajstić information content (AvgIpc) is 2.04. The minimum absolute atomic E-state index is 0.157. The van der Waals surface area contributed by atoms with Crippen molar-refractivity contribution in [3.63, 3.8) is 0 Å². The molecule has 0 aromatic heterocycles. The summed E-state index contributed by atoms with van der Waals surface area (Å²) in [5, 5.41) is 5.95. The number of alkyl carbamates (subject to hydrolysis) is 1. The summed E-state index contributed by atoms with van der Waals surface area (Å²) in [6, 6.07) is 0. The van der Waals surface area contributed by atoms with E-state index >= 15 is 0 Å². The lowest BCUT2D eigenvalue weighted by Crippen LogP contribution is -2.52. The van der Waals surface area contributed by atoms with Crippen LogP contribution in [0, 0.1) is 5.92 Å². The van der Waals surface area contributed by atoms with E-state index < -0.39 is 0 Å². The average molecular weight is 156 g/mol. The zero-order valence-electron chi connectivity index (χ0n) is 6.30. The molecule has 2 aliphatic heterocycles. The third kappa shape index (κ3) is 1.30. The van der Waals surface area contributed by atoms with Gasteiger partial charge in [0.1, 0.15) is 6.10 Å². The molecule has 0 spiro atoms. The van der Waals surface area contributed by atoms with Gasteiger partial charge < -0.3 is 15.4 Å². The lowest BCUT2D eigenvalue weighted by atomic mass is 9.95. The molecule has 62 valence electrons. The largest absolute Gasteiger partial charge is 0.446 e. The second kappa shape index (κ2) is 2.70. The Labute approximate surface area is 65.3 Å². The molecule has 2 aliphatic rings. The van der Waals surface area contributed by atoms with Gasteiger partial charge in [-0.15, -0.1) is 0 Å². The van der Waals surface area contributed by atoms with Gasteiger partial charge in [-0.05, 0) is 13.0 Å². The number of piperidine rings is 1. The number of carbonyl (C=O) groups is 1. The first-order valence-corrected chi connectivity index (χ1v) is 4.01. The van der Waals surface area contributed by atoms with Crippen molar-refractivity contribution in [3.05, 3.63) is 0 Å². The van der Waals surface area contributed by atoms with Crippen LogP contribution in [0.4, 0.5) is 4.79 Å². The van der Waals surface area contributed by atoms with Crippen molar-refractivity contribution in [2.45, 2.75) is 12.5 Å². The first kappa shape index (κ1) is 6.91. The van der Waals surface area contributed by atoms with Crippen LogP contribution >= 0.6 is 0 Å². The maximum absolute atomic E-state index is 10.8. The molecule has 2 unspecified atom stereocenters. The van der Waals surface area contributed by atoms with Gasteiger partial charge in [-0.3, -0.25) is 0 Å². The molecular weight excluding hydrogens is 144 g/mol. The van der Waals surface area contributed by atoms with Gasteiger partial charge in [0.2, 0.25) is 0 Å². The molecule has 11 heavy (non-hydrogen) atoms. The third-order valence-electron chi connectivity index (χ3n) is 2.30. The van der Waals surface area contributed by atoms with Crippen LogP contribution in [-0.4, -0.2) is 31.8 Å². The van der Waals surface area contributed by atoms with Crippen molar-refractivity contribution < 1.29 is 9.53 Å². The van der Waals surface area contributed by atoms with Crippen molar-refractivity contribution in [3.8, 4) is 0 Å². The molecule has 0 saturated carbocycles. The minimum atomic E-state index is -0.256. The number of ether oxygens (including phenoxy) is 1. The smallest absolute Gasteiger partial charge is 0.407 e. The summed E-state index contributed by atoms with van der Waals surface area (Å²) in [7, 11) is 0. The SMILES string of the molecule is O=C1NCC2CNCCC2O1. The fraction of sp³-hybridized carbons (Fsp3) is 0.857. The lowest BCUT2D eigenvalue weighted by Gasteiger charge is -2.35. The van der Waals surface area contributed by atoms with Gasteiger partial charge in [-0.2, -0.15) is 0 Å². The first-order valence-electron chi connectivity index (χ1n) is 4.01. The summed E-state index contributed by atoms with van der Waals surface area (Å²) < 4.78 is 5.10. The lowest BCUT2D eigenvalue weighted by molar-refractivity contribution is 0.0207. The van der Waals surface area contributed by atoms with Gasteiger partial charge in [-0.1, -0.05) is 0 Å². The van der Waals surface area contributed by atoms with E-state index in [9.17, 15) is 4.79 Å². The summed E-state index contributed by atoms with van der Waals surface area (Å²) >= 11 is 0. The first-order chi connectivity index (χ1) is 5.36. The van der Waals surface area contributed by atoms with Crippen LogP contribution in [-0.2, 0) is 4.74 Å². The number of hydrogen-bond donors (Lipinski definition) is 2. The molecule has 2 atom stereocenters. The van der Waals surface area contributed by atoms with E-state index in [1.54, 1.807) is 0 Å². The van der Waals surface area contributed by atoms with Gasteiger partial charge in [0.15, 0.2) is 0 Å². The number of carbonyl (C=O) groups excluding carboxylic acids is 1. The normalized spacial score (nSPS) is 36.9. The summed E-state index contributed by atoms with van der Waals surface area (Å²) in [5.41, 5.74) is 0. The molecule has 0 aromatic rings. The highest BCUT2D eigenvalue weighted by Crippen LogP contribution is 2.17. The Kier molecular flexibility index (Phi) is 1.69. The Morgan fingerprint density at radius 1 is 1.45 bits per heavy atom. The molecule has 0 aliphatic carbocycles. The van der Waals surface area contributed by atoms with Crippen LogP contribution in [0.5, 0.6) is 0 Å². The molecule has 0 aromatic carbocycles. The molecule has 2 heterocycles. The van der Waals surface area contributed by atoms with E-state index in [4.69, 9.17) is 4.74 Å². The molecule has 0 radical (unpaired) electrons. The predicted molar refractivity (Wildman–Crippen MR) is 39.2 cm³/mol. The topological polar surface area (TPSA) is 50.4 Å². The molecule has 2 N–H and O–H groups in total. The number of nitrogens with one attached hydrogen (secondary N) is 2. The van der Waals surface area contributed by atoms with Crippen LogP contribution in [0.2, 0.25) is 0 Å². The number of rotatable bonds is 0. The highest BCUT2D eigenvalue weighted by molar-refractivity contribution is 5.68. The zero-order chi connectivity index (χ0) is 7.68. The Morgan fingerprint density at radius 2 is 2.36 bits per heavy atom. The van der Waals surface area contributed by atoms with Crippen molar-refractivity contribution in [1.29, 1.82) is 0 Å². The Morgan fingerprint density at radius 3 is 3.27 bits per heavy atom. The van der Waals surface area contributed by atoms with Crippen molar-refractivity contribution >= 4 is 6.09 Å². The van der Waals surface area contributed by atoms with Crippen LogP contribution in [0.25, 0.3) is 0 Å². The van der Waals surface area contributed by atoms with Gasteiger partial charge in [0, 0.05) is 19.0 Å². The van der Waals surface area contributed by atoms with Crippen LogP contribution in [0.1, 0.15) is 6.42 Å². The maximum atomic E-state index is 10.8. The van der Waals surface area contributed by atoms with Crippen molar-refractivity contribution in [1.82, 2.24) is 10.6 Å².